The molecule has 1 heterocycles. The van der Waals surface area contributed by atoms with Gasteiger partial charge in [-0.1, -0.05) is 12.1 Å². The molecule has 0 aliphatic carbocycles. The van der Waals surface area contributed by atoms with E-state index in [0.717, 1.165) is 29.0 Å². The van der Waals surface area contributed by atoms with Crippen molar-refractivity contribution >= 4 is 11.6 Å². The summed E-state index contributed by atoms with van der Waals surface area (Å²) >= 11 is 0. The maximum atomic E-state index is 12.4. The van der Waals surface area contributed by atoms with Crippen LogP contribution in [0.25, 0.3) is 0 Å². The summed E-state index contributed by atoms with van der Waals surface area (Å²) in [4.78, 5) is 12.4. The second-order valence-electron chi connectivity index (χ2n) is 6.42. The van der Waals surface area contributed by atoms with Crippen molar-refractivity contribution in [3.63, 3.8) is 0 Å². The number of carbonyl (C=O) groups is 1. The summed E-state index contributed by atoms with van der Waals surface area (Å²) in [5, 5.41) is 2.96. The van der Waals surface area contributed by atoms with Gasteiger partial charge >= 0.3 is 0 Å². The molecule has 1 atom stereocenters. The lowest BCUT2D eigenvalue weighted by atomic mass is 10.1. The second kappa shape index (κ2) is 8.13. The van der Waals surface area contributed by atoms with Gasteiger partial charge in [-0.2, -0.15) is 0 Å². The molecule has 2 aromatic rings. The van der Waals surface area contributed by atoms with E-state index in [1.165, 1.54) is 0 Å². The highest BCUT2D eigenvalue weighted by Crippen LogP contribution is 2.38. The maximum Gasteiger partial charge on any atom is 0.224 e. The van der Waals surface area contributed by atoms with E-state index in [0.29, 0.717) is 30.9 Å². The van der Waals surface area contributed by atoms with Crippen LogP contribution in [0.3, 0.4) is 0 Å². The van der Waals surface area contributed by atoms with Gasteiger partial charge in [0.25, 0.3) is 0 Å². The number of aryl methyl sites for hydroxylation is 1. The maximum absolute atomic E-state index is 12.4. The van der Waals surface area contributed by atoms with E-state index >= 15 is 0 Å². The van der Waals surface area contributed by atoms with Crippen molar-refractivity contribution in [1.29, 1.82) is 0 Å². The highest BCUT2D eigenvalue weighted by molar-refractivity contribution is 5.93. The fourth-order valence-electron chi connectivity index (χ4n) is 3.07. The molecule has 1 aliphatic rings. The van der Waals surface area contributed by atoms with Crippen LogP contribution in [0.15, 0.2) is 36.4 Å². The van der Waals surface area contributed by atoms with Crippen LogP contribution in [0.5, 0.6) is 17.2 Å². The molecule has 0 saturated carbocycles. The van der Waals surface area contributed by atoms with Gasteiger partial charge in [0.2, 0.25) is 5.91 Å². The molecule has 5 heteroatoms. The number of ether oxygens (including phenoxy) is 3. The van der Waals surface area contributed by atoms with Crippen molar-refractivity contribution < 1.29 is 19.0 Å². The molecule has 1 aliphatic heterocycles. The average Bonchev–Trinajstić information content (AvgIpc) is 2.99. The standard InChI is InChI=1S/C21H25NO4/c1-4-25-20-12-16-11-14(2)26-19(16)13-18(20)22-21(23)10-7-15-5-8-17(24-3)9-6-15/h5-6,8-9,12-14H,4,7,10-11H2,1-3H3,(H,22,23). The Morgan fingerprint density at radius 1 is 1.27 bits per heavy atom. The number of carbonyl (C=O) groups excluding carboxylic acids is 1. The molecule has 0 saturated heterocycles. The van der Waals surface area contributed by atoms with Crippen LogP contribution in [0.1, 0.15) is 31.4 Å². The molecule has 26 heavy (non-hydrogen) atoms. The molecule has 0 fully saturated rings. The zero-order valence-electron chi connectivity index (χ0n) is 15.5. The molecule has 2 aromatic carbocycles. The smallest absolute Gasteiger partial charge is 0.224 e. The first-order valence-electron chi connectivity index (χ1n) is 8.98. The predicted molar refractivity (Wildman–Crippen MR) is 101 cm³/mol. The van der Waals surface area contributed by atoms with E-state index in [9.17, 15) is 4.79 Å². The van der Waals surface area contributed by atoms with Gasteiger partial charge in [0.1, 0.15) is 23.4 Å². The fourth-order valence-corrected chi connectivity index (χ4v) is 3.07. The lowest BCUT2D eigenvalue weighted by Gasteiger charge is -2.13. The minimum absolute atomic E-state index is 0.0484. The molecule has 1 unspecified atom stereocenters. The summed E-state index contributed by atoms with van der Waals surface area (Å²) in [6, 6.07) is 11.6. The highest BCUT2D eigenvalue weighted by atomic mass is 16.5. The average molecular weight is 355 g/mol. The Kier molecular flexibility index (Phi) is 5.66. The van der Waals surface area contributed by atoms with E-state index in [4.69, 9.17) is 14.2 Å². The van der Waals surface area contributed by atoms with Gasteiger partial charge in [-0.25, -0.2) is 0 Å². The molecular weight excluding hydrogens is 330 g/mol. The van der Waals surface area contributed by atoms with E-state index in [2.05, 4.69) is 5.32 Å². The quantitative estimate of drug-likeness (QED) is 0.816. The first-order chi connectivity index (χ1) is 12.6. The van der Waals surface area contributed by atoms with Gasteiger partial charge in [0.15, 0.2) is 0 Å². The van der Waals surface area contributed by atoms with Crippen LogP contribution in [0, 0.1) is 0 Å². The SMILES string of the molecule is CCOc1cc2c(cc1NC(=O)CCc1ccc(OC)cc1)OC(C)C2. The summed E-state index contributed by atoms with van der Waals surface area (Å²) in [5.74, 6) is 2.29. The van der Waals surface area contributed by atoms with Crippen molar-refractivity contribution in [2.45, 2.75) is 39.2 Å². The Morgan fingerprint density at radius 2 is 2.04 bits per heavy atom. The van der Waals surface area contributed by atoms with Gasteiger partial charge in [0.05, 0.1) is 19.4 Å². The van der Waals surface area contributed by atoms with E-state index in [1.807, 2.05) is 50.2 Å². The lowest BCUT2D eigenvalue weighted by molar-refractivity contribution is -0.116. The fraction of sp³-hybridized carbons (Fsp3) is 0.381. The number of rotatable bonds is 7. The summed E-state index contributed by atoms with van der Waals surface area (Å²) in [6.45, 7) is 4.51. The minimum Gasteiger partial charge on any atom is -0.497 e. The van der Waals surface area contributed by atoms with Gasteiger partial charge < -0.3 is 19.5 Å². The van der Waals surface area contributed by atoms with Crippen molar-refractivity contribution in [3.8, 4) is 17.2 Å². The van der Waals surface area contributed by atoms with E-state index in [-0.39, 0.29) is 12.0 Å². The lowest BCUT2D eigenvalue weighted by Crippen LogP contribution is -2.13. The molecule has 138 valence electrons. The van der Waals surface area contributed by atoms with Crippen LogP contribution < -0.4 is 19.5 Å². The minimum atomic E-state index is -0.0484. The molecule has 0 radical (unpaired) electrons. The molecule has 3 rings (SSSR count). The second-order valence-corrected chi connectivity index (χ2v) is 6.42. The third-order valence-corrected chi connectivity index (χ3v) is 4.37. The number of amides is 1. The van der Waals surface area contributed by atoms with Crippen molar-refractivity contribution in [2.24, 2.45) is 0 Å². The van der Waals surface area contributed by atoms with E-state index in [1.54, 1.807) is 7.11 Å². The van der Waals surface area contributed by atoms with Crippen LogP contribution in [-0.4, -0.2) is 25.7 Å². The first-order valence-corrected chi connectivity index (χ1v) is 8.98. The number of hydrogen-bond donors (Lipinski definition) is 1. The number of nitrogens with one attached hydrogen (secondary N) is 1. The first kappa shape index (κ1) is 18.1. The van der Waals surface area contributed by atoms with Crippen LogP contribution in [0.4, 0.5) is 5.69 Å². The molecule has 0 aromatic heterocycles. The Hall–Kier alpha value is -2.69. The highest BCUT2D eigenvalue weighted by Gasteiger charge is 2.22. The predicted octanol–water partition coefficient (Wildman–Crippen LogP) is 3.99. The molecule has 1 amide bonds. The topological polar surface area (TPSA) is 56.8 Å². The molecule has 0 spiro atoms. The van der Waals surface area contributed by atoms with Gasteiger partial charge in [-0.05, 0) is 44.0 Å². The van der Waals surface area contributed by atoms with Crippen molar-refractivity contribution in [2.75, 3.05) is 19.0 Å². The number of fused-ring (bicyclic) bond motifs is 1. The Morgan fingerprint density at radius 3 is 2.73 bits per heavy atom. The third-order valence-electron chi connectivity index (χ3n) is 4.37. The van der Waals surface area contributed by atoms with Crippen LogP contribution >= 0.6 is 0 Å². The summed E-state index contributed by atoms with van der Waals surface area (Å²) in [5.41, 5.74) is 2.88. The monoisotopic (exact) mass is 355 g/mol. The summed E-state index contributed by atoms with van der Waals surface area (Å²) in [6.07, 6.45) is 2.08. The molecule has 0 bridgehead atoms. The zero-order chi connectivity index (χ0) is 18.5. The largest absolute Gasteiger partial charge is 0.497 e. The Balaban J connectivity index is 1.65. The van der Waals surface area contributed by atoms with Gasteiger partial charge in [-0.3, -0.25) is 4.79 Å². The number of hydrogen-bond acceptors (Lipinski definition) is 4. The normalized spacial score (nSPS) is 15.1. The number of benzene rings is 2. The zero-order valence-corrected chi connectivity index (χ0v) is 15.5. The third kappa shape index (κ3) is 4.28. The molecule has 1 N–H and O–H groups in total. The number of methoxy groups -OCH3 is 1. The molecular formula is C21H25NO4. The summed E-state index contributed by atoms with van der Waals surface area (Å²) in [7, 11) is 1.64. The Bertz CT molecular complexity index is 770. The van der Waals surface area contributed by atoms with Crippen LogP contribution in [0.2, 0.25) is 0 Å². The Labute approximate surface area is 154 Å². The van der Waals surface area contributed by atoms with Gasteiger partial charge in [0, 0.05) is 24.5 Å². The van der Waals surface area contributed by atoms with E-state index < -0.39 is 0 Å². The van der Waals surface area contributed by atoms with Gasteiger partial charge in [-0.15, -0.1) is 0 Å². The van der Waals surface area contributed by atoms with Crippen molar-refractivity contribution in [3.05, 3.63) is 47.5 Å². The summed E-state index contributed by atoms with van der Waals surface area (Å²) < 4.78 is 16.6. The number of anilines is 1. The molecule has 5 nitrogen and oxygen atoms in total. The van der Waals surface area contributed by atoms with Crippen LogP contribution in [-0.2, 0) is 17.6 Å². The van der Waals surface area contributed by atoms with Crippen molar-refractivity contribution in [1.82, 2.24) is 0 Å².